The van der Waals surface area contributed by atoms with Crippen molar-refractivity contribution in [3.63, 3.8) is 0 Å². The second kappa shape index (κ2) is 9.34. The Morgan fingerprint density at radius 3 is 2.28 bits per heavy atom. The molecule has 0 radical (unpaired) electrons. The van der Waals surface area contributed by atoms with Crippen molar-refractivity contribution in [2.75, 3.05) is 5.32 Å². The van der Waals surface area contributed by atoms with Gasteiger partial charge in [0.05, 0.1) is 32.0 Å². The number of fused-ring (bicyclic) bond motifs is 2. The van der Waals surface area contributed by atoms with E-state index in [0.717, 1.165) is 43.2 Å². The summed E-state index contributed by atoms with van der Waals surface area (Å²) in [4.78, 5) is 28.4. The van der Waals surface area contributed by atoms with Crippen LogP contribution < -0.4 is 10.9 Å². The average molecular weight is 527 g/mol. The van der Waals surface area contributed by atoms with Gasteiger partial charge < -0.3 is 5.32 Å². The Hall–Kier alpha value is -5.08. The fraction of sp³-hybridized carbons (Fsp3) is 0.0323. The van der Waals surface area contributed by atoms with Gasteiger partial charge >= 0.3 is 0 Å². The molecular formula is C31H22N6OS. The number of hydrogen-bond donors (Lipinski definition) is 2. The summed E-state index contributed by atoms with van der Waals surface area (Å²) in [5, 5.41) is 7.68. The summed E-state index contributed by atoms with van der Waals surface area (Å²) >= 11 is 1.60. The molecule has 4 heterocycles. The number of nitrogens with zero attached hydrogens (tertiary/aromatic N) is 4. The molecule has 188 valence electrons. The summed E-state index contributed by atoms with van der Waals surface area (Å²) in [6.07, 6.45) is 1.71. The largest absolute Gasteiger partial charge is 0.324 e. The van der Waals surface area contributed by atoms with Crippen molar-refractivity contribution in [3.05, 3.63) is 119 Å². The Morgan fingerprint density at radius 1 is 0.795 bits per heavy atom. The number of anilines is 2. The molecule has 0 bridgehead atoms. The molecule has 0 atom stereocenters. The molecule has 0 amide bonds. The number of rotatable bonds is 5. The highest BCUT2D eigenvalue weighted by atomic mass is 32.1. The van der Waals surface area contributed by atoms with Crippen LogP contribution in [-0.4, -0.2) is 24.6 Å². The van der Waals surface area contributed by atoms with E-state index < -0.39 is 0 Å². The number of nitrogens with one attached hydrogen (secondary N) is 2. The maximum absolute atomic E-state index is 14.3. The smallest absolute Gasteiger partial charge is 0.282 e. The van der Waals surface area contributed by atoms with Crippen molar-refractivity contribution in [1.82, 2.24) is 24.6 Å². The van der Waals surface area contributed by atoms with E-state index >= 15 is 0 Å². The van der Waals surface area contributed by atoms with Crippen LogP contribution in [0, 0.1) is 6.92 Å². The van der Waals surface area contributed by atoms with Crippen molar-refractivity contribution in [2.24, 2.45) is 0 Å². The fourth-order valence-electron chi connectivity index (χ4n) is 4.87. The van der Waals surface area contributed by atoms with Crippen LogP contribution in [0.4, 0.5) is 11.6 Å². The Morgan fingerprint density at radius 2 is 1.54 bits per heavy atom. The van der Waals surface area contributed by atoms with Crippen LogP contribution >= 0.6 is 11.3 Å². The lowest BCUT2D eigenvalue weighted by Crippen LogP contribution is -2.19. The van der Waals surface area contributed by atoms with Crippen LogP contribution in [0.2, 0.25) is 0 Å². The highest BCUT2D eigenvalue weighted by molar-refractivity contribution is 7.18. The van der Waals surface area contributed by atoms with E-state index in [9.17, 15) is 4.79 Å². The first-order valence-electron chi connectivity index (χ1n) is 12.5. The van der Waals surface area contributed by atoms with Crippen molar-refractivity contribution in [2.45, 2.75) is 6.92 Å². The summed E-state index contributed by atoms with van der Waals surface area (Å²) in [5.41, 5.74) is 6.03. The lowest BCUT2D eigenvalue weighted by molar-refractivity contribution is 0.907. The number of benzene rings is 3. The highest BCUT2D eigenvalue weighted by Gasteiger charge is 2.23. The molecule has 0 fully saturated rings. The molecule has 2 N–H and O–H groups in total. The summed E-state index contributed by atoms with van der Waals surface area (Å²) in [6, 6.07) is 31.5. The maximum atomic E-state index is 14.3. The third kappa shape index (κ3) is 4.07. The quantitative estimate of drug-likeness (QED) is 0.250. The summed E-state index contributed by atoms with van der Waals surface area (Å²) < 4.78 is 2.56. The molecule has 0 aliphatic rings. The molecule has 7 rings (SSSR count). The van der Waals surface area contributed by atoms with E-state index in [1.54, 1.807) is 22.0 Å². The molecule has 39 heavy (non-hydrogen) atoms. The number of aromatic nitrogens is 5. The maximum Gasteiger partial charge on any atom is 0.282 e. The van der Waals surface area contributed by atoms with E-state index in [-0.39, 0.29) is 5.56 Å². The first kappa shape index (κ1) is 23.1. The summed E-state index contributed by atoms with van der Waals surface area (Å²) in [6.45, 7) is 1.98. The van der Waals surface area contributed by atoms with Gasteiger partial charge in [-0.25, -0.2) is 15.0 Å². The van der Waals surface area contributed by atoms with Gasteiger partial charge in [-0.2, -0.15) is 4.52 Å². The van der Waals surface area contributed by atoms with Crippen LogP contribution in [0.5, 0.6) is 0 Å². The first-order valence-corrected chi connectivity index (χ1v) is 13.3. The third-order valence-corrected chi connectivity index (χ3v) is 7.53. The topological polar surface area (TPSA) is 88.0 Å². The zero-order valence-electron chi connectivity index (χ0n) is 20.9. The van der Waals surface area contributed by atoms with Gasteiger partial charge in [0.15, 0.2) is 5.65 Å². The number of hydrogen-bond acceptors (Lipinski definition) is 6. The molecule has 7 aromatic rings. The lowest BCUT2D eigenvalue weighted by Gasteiger charge is -2.12. The predicted octanol–water partition coefficient (Wildman–Crippen LogP) is 7.08. The number of thiazole rings is 1. The Labute approximate surface area is 227 Å². The van der Waals surface area contributed by atoms with Crippen LogP contribution in [0.25, 0.3) is 49.4 Å². The molecular weight excluding hydrogens is 504 g/mol. The van der Waals surface area contributed by atoms with E-state index in [0.29, 0.717) is 22.8 Å². The van der Waals surface area contributed by atoms with Crippen LogP contribution in [0.3, 0.4) is 0 Å². The molecule has 0 aliphatic carbocycles. The molecule has 0 unspecified atom stereocenters. The van der Waals surface area contributed by atoms with E-state index in [2.05, 4.69) is 20.4 Å². The molecule has 3 aromatic carbocycles. The van der Waals surface area contributed by atoms with Crippen molar-refractivity contribution in [1.29, 1.82) is 0 Å². The Balaban J connectivity index is 1.55. The number of aryl methyl sites for hydroxylation is 1. The van der Waals surface area contributed by atoms with Crippen LogP contribution in [-0.2, 0) is 0 Å². The zero-order chi connectivity index (χ0) is 26.3. The third-order valence-electron chi connectivity index (χ3n) is 6.60. The minimum Gasteiger partial charge on any atom is -0.324 e. The standard InChI is InChI=1S/C31H22N6OS/c1-19-33-23-16-15-22(18-24(23)39-19)27-29(34-25-14-8-9-17-32-25)35-30-26(20-10-4-2-5-11-20)28(36-37(30)31(27)38)21-12-6-3-7-13-21/h2-18,36H,1H3,(H,32,34). The van der Waals surface area contributed by atoms with E-state index in [1.165, 1.54) is 0 Å². The normalized spacial score (nSPS) is 11.3. The van der Waals surface area contributed by atoms with Gasteiger partial charge in [0.1, 0.15) is 11.6 Å². The fourth-order valence-corrected chi connectivity index (χ4v) is 5.73. The van der Waals surface area contributed by atoms with Gasteiger partial charge in [-0.1, -0.05) is 72.8 Å². The average Bonchev–Trinajstić information content (AvgIpc) is 3.54. The highest BCUT2D eigenvalue weighted by Crippen LogP contribution is 2.37. The van der Waals surface area contributed by atoms with Gasteiger partial charge in [0.25, 0.3) is 5.56 Å². The summed E-state index contributed by atoms with van der Waals surface area (Å²) in [5.74, 6) is 1.04. The molecule has 0 aliphatic heterocycles. The van der Waals surface area contributed by atoms with Crippen LogP contribution in [0.1, 0.15) is 5.01 Å². The number of pyridine rings is 1. The minimum absolute atomic E-state index is 0.210. The SMILES string of the molecule is Cc1nc2ccc(-c3c(Nc4ccccn4)nc4c(-c5ccccc5)c(-c5ccccc5)[nH]n4c3=O)cc2s1. The van der Waals surface area contributed by atoms with E-state index in [1.807, 2.05) is 104 Å². The van der Waals surface area contributed by atoms with E-state index in [4.69, 9.17) is 4.98 Å². The second-order valence-electron chi connectivity index (χ2n) is 9.15. The van der Waals surface area contributed by atoms with Gasteiger partial charge in [-0.15, -0.1) is 11.3 Å². The minimum atomic E-state index is -0.210. The number of H-pyrrole nitrogens is 1. The molecule has 4 aromatic heterocycles. The van der Waals surface area contributed by atoms with Gasteiger partial charge in [-0.3, -0.25) is 9.89 Å². The zero-order valence-corrected chi connectivity index (χ0v) is 21.7. The lowest BCUT2D eigenvalue weighted by atomic mass is 10.0. The van der Waals surface area contributed by atoms with Crippen molar-refractivity contribution in [3.8, 4) is 33.5 Å². The monoisotopic (exact) mass is 526 g/mol. The molecule has 0 spiro atoms. The van der Waals surface area contributed by atoms with Gasteiger partial charge in [-0.05, 0) is 42.3 Å². The van der Waals surface area contributed by atoms with Gasteiger partial charge in [0.2, 0.25) is 0 Å². The van der Waals surface area contributed by atoms with Crippen molar-refractivity contribution < 1.29 is 0 Å². The first-order chi connectivity index (χ1) is 19.2. The summed E-state index contributed by atoms with van der Waals surface area (Å²) in [7, 11) is 0. The Bertz CT molecular complexity index is 2010. The van der Waals surface area contributed by atoms with Crippen LogP contribution in [0.15, 0.2) is 108 Å². The predicted molar refractivity (Wildman–Crippen MR) is 158 cm³/mol. The molecule has 7 nitrogen and oxygen atoms in total. The second-order valence-corrected chi connectivity index (χ2v) is 10.4. The molecule has 8 heteroatoms. The van der Waals surface area contributed by atoms with Gasteiger partial charge in [0, 0.05) is 11.8 Å². The molecule has 0 saturated heterocycles. The van der Waals surface area contributed by atoms with Crippen molar-refractivity contribution >= 4 is 38.8 Å². The number of aromatic amines is 1. The molecule has 0 saturated carbocycles. The Kier molecular flexibility index (Phi) is 5.53.